The molecule has 2 rings (SSSR count). The van der Waals surface area contributed by atoms with Crippen LogP contribution in [0.15, 0.2) is 24.3 Å². The topological polar surface area (TPSA) is 52.7 Å². The summed E-state index contributed by atoms with van der Waals surface area (Å²) in [6.45, 7) is 8.88. The molecule has 144 valence electrons. The molecule has 5 nitrogen and oxygen atoms in total. The number of benzene rings is 1. The molecule has 1 aromatic rings. The molecular weight excluding hydrogens is 350 g/mol. The van der Waals surface area contributed by atoms with E-state index in [0.29, 0.717) is 24.7 Å². The van der Waals surface area contributed by atoms with Crippen molar-refractivity contribution in [1.82, 2.24) is 10.2 Å². The van der Waals surface area contributed by atoms with Gasteiger partial charge in [-0.25, -0.2) is 0 Å². The van der Waals surface area contributed by atoms with Crippen molar-refractivity contribution in [2.24, 2.45) is 5.41 Å². The number of rotatable bonds is 7. The number of piperazine rings is 1. The number of halogens is 1. The fraction of sp³-hybridized carbons (Fsp3) is 0.600. The SMILES string of the molecule is CCCCCNC(=O)C(C)(C)C(=O)N1CCN(c2cccc(Cl)c2)CC1. The molecule has 0 aliphatic carbocycles. The molecule has 1 fully saturated rings. The first-order valence-corrected chi connectivity index (χ1v) is 9.82. The summed E-state index contributed by atoms with van der Waals surface area (Å²) in [7, 11) is 0. The van der Waals surface area contributed by atoms with Crippen LogP contribution in [0.3, 0.4) is 0 Å². The van der Waals surface area contributed by atoms with E-state index >= 15 is 0 Å². The number of nitrogens with zero attached hydrogens (tertiary/aromatic N) is 2. The molecule has 0 saturated carbocycles. The van der Waals surface area contributed by atoms with E-state index in [2.05, 4.69) is 17.1 Å². The van der Waals surface area contributed by atoms with Gasteiger partial charge in [0.2, 0.25) is 11.8 Å². The number of hydrogen-bond donors (Lipinski definition) is 1. The zero-order valence-corrected chi connectivity index (χ0v) is 16.8. The number of nitrogens with one attached hydrogen (secondary N) is 1. The number of hydrogen-bond acceptors (Lipinski definition) is 3. The van der Waals surface area contributed by atoms with Crippen LogP contribution in [0.25, 0.3) is 0 Å². The Balaban J connectivity index is 1.89. The normalized spacial score (nSPS) is 15.1. The Bertz CT molecular complexity index is 625. The van der Waals surface area contributed by atoms with Crippen molar-refractivity contribution in [3.05, 3.63) is 29.3 Å². The van der Waals surface area contributed by atoms with E-state index < -0.39 is 5.41 Å². The molecule has 0 atom stereocenters. The van der Waals surface area contributed by atoms with Crippen LogP contribution in [-0.4, -0.2) is 49.4 Å². The molecule has 0 spiro atoms. The molecule has 0 bridgehead atoms. The van der Waals surface area contributed by atoms with Crippen LogP contribution < -0.4 is 10.2 Å². The summed E-state index contributed by atoms with van der Waals surface area (Å²) in [6, 6.07) is 7.75. The van der Waals surface area contributed by atoms with Gasteiger partial charge in [-0.2, -0.15) is 0 Å². The first-order valence-electron chi connectivity index (χ1n) is 9.44. The second-order valence-electron chi connectivity index (χ2n) is 7.35. The van der Waals surface area contributed by atoms with Gasteiger partial charge in [-0.3, -0.25) is 9.59 Å². The van der Waals surface area contributed by atoms with Gasteiger partial charge in [0.05, 0.1) is 0 Å². The quantitative estimate of drug-likeness (QED) is 0.584. The molecular formula is C20H30ClN3O2. The second kappa shape index (κ2) is 9.26. The average Bonchev–Trinajstić information content (AvgIpc) is 2.64. The summed E-state index contributed by atoms with van der Waals surface area (Å²) in [5.41, 5.74) is 0.0299. The summed E-state index contributed by atoms with van der Waals surface area (Å²) >= 11 is 6.06. The molecule has 26 heavy (non-hydrogen) atoms. The van der Waals surface area contributed by atoms with Crippen molar-refractivity contribution in [2.75, 3.05) is 37.6 Å². The van der Waals surface area contributed by atoms with Crippen LogP contribution in [0.4, 0.5) is 5.69 Å². The lowest BCUT2D eigenvalue weighted by atomic mass is 9.90. The zero-order chi connectivity index (χ0) is 19.2. The van der Waals surface area contributed by atoms with Gasteiger partial charge in [0.25, 0.3) is 0 Å². The minimum absolute atomic E-state index is 0.101. The Kier molecular flexibility index (Phi) is 7.33. The van der Waals surface area contributed by atoms with Crippen molar-refractivity contribution < 1.29 is 9.59 Å². The predicted octanol–water partition coefficient (Wildman–Crippen LogP) is 3.32. The Morgan fingerprint density at radius 1 is 1.15 bits per heavy atom. The van der Waals surface area contributed by atoms with Crippen LogP contribution in [0.5, 0.6) is 0 Å². The fourth-order valence-corrected chi connectivity index (χ4v) is 3.32. The minimum atomic E-state index is -1.04. The van der Waals surface area contributed by atoms with Crippen LogP contribution in [0.2, 0.25) is 5.02 Å². The number of unbranched alkanes of at least 4 members (excludes halogenated alkanes) is 2. The standard InChI is InChI=1S/C20H30ClN3O2/c1-4-5-6-10-22-18(25)20(2,3)19(26)24-13-11-23(12-14-24)17-9-7-8-16(21)15-17/h7-9,15H,4-6,10-14H2,1-3H3,(H,22,25). The maximum atomic E-state index is 12.9. The minimum Gasteiger partial charge on any atom is -0.368 e. The smallest absolute Gasteiger partial charge is 0.237 e. The third-order valence-electron chi connectivity index (χ3n) is 4.91. The lowest BCUT2D eigenvalue weighted by Crippen LogP contribution is -2.55. The molecule has 1 aliphatic heterocycles. The van der Waals surface area contributed by atoms with Gasteiger partial charge in [0, 0.05) is 43.4 Å². The van der Waals surface area contributed by atoms with Crippen molar-refractivity contribution in [3.63, 3.8) is 0 Å². The highest BCUT2D eigenvalue weighted by molar-refractivity contribution is 6.30. The molecule has 2 amide bonds. The Morgan fingerprint density at radius 2 is 1.85 bits per heavy atom. The van der Waals surface area contributed by atoms with Crippen molar-refractivity contribution in [1.29, 1.82) is 0 Å². The Labute approximate surface area is 161 Å². The van der Waals surface area contributed by atoms with Gasteiger partial charge >= 0.3 is 0 Å². The molecule has 0 aromatic heterocycles. The van der Waals surface area contributed by atoms with Crippen LogP contribution >= 0.6 is 11.6 Å². The number of carbonyl (C=O) groups excluding carboxylic acids is 2. The number of anilines is 1. The lowest BCUT2D eigenvalue weighted by molar-refractivity contribution is -0.148. The van der Waals surface area contributed by atoms with E-state index in [9.17, 15) is 9.59 Å². The molecule has 6 heteroatoms. The fourth-order valence-electron chi connectivity index (χ4n) is 3.13. The molecule has 0 radical (unpaired) electrons. The summed E-state index contributed by atoms with van der Waals surface area (Å²) in [6.07, 6.45) is 3.14. The van der Waals surface area contributed by atoms with E-state index in [1.165, 1.54) is 0 Å². The lowest BCUT2D eigenvalue weighted by Gasteiger charge is -2.39. The summed E-state index contributed by atoms with van der Waals surface area (Å²) < 4.78 is 0. The Hall–Kier alpha value is -1.75. The molecule has 1 saturated heterocycles. The van der Waals surface area contributed by atoms with E-state index in [-0.39, 0.29) is 11.8 Å². The van der Waals surface area contributed by atoms with Crippen LogP contribution in [0, 0.1) is 5.41 Å². The van der Waals surface area contributed by atoms with Gasteiger partial charge in [-0.1, -0.05) is 37.4 Å². The summed E-state index contributed by atoms with van der Waals surface area (Å²) in [4.78, 5) is 29.3. The van der Waals surface area contributed by atoms with Gasteiger partial charge in [0.15, 0.2) is 0 Å². The van der Waals surface area contributed by atoms with Gasteiger partial charge in [-0.05, 0) is 38.5 Å². The maximum absolute atomic E-state index is 12.9. The van der Waals surface area contributed by atoms with E-state index in [0.717, 1.165) is 38.0 Å². The van der Waals surface area contributed by atoms with E-state index in [4.69, 9.17) is 11.6 Å². The van der Waals surface area contributed by atoms with Gasteiger partial charge in [-0.15, -0.1) is 0 Å². The third kappa shape index (κ3) is 5.13. The molecule has 1 aromatic carbocycles. The highest BCUT2D eigenvalue weighted by Gasteiger charge is 2.39. The van der Waals surface area contributed by atoms with Gasteiger partial charge in [0.1, 0.15) is 5.41 Å². The van der Waals surface area contributed by atoms with Crippen LogP contribution in [0.1, 0.15) is 40.0 Å². The number of carbonyl (C=O) groups is 2. The average molecular weight is 380 g/mol. The second-order valence-corrected chi connectivity index (χ2v) is 7.78. The van der Waals surface area contributed by atoms with Crippen LogP contribution in [-0.2, 0) is 9.59 Å². The van der Waals surface area contributed by atoms with Crippen molar-refractivity contribution >= 4 is 29.1 Å². The molecule has 1 heterocycles. The monoisotopic (exact) mass is 379 g/mol. The van der Waals surface area contributed by atoms with Crippen molar-refractivity contribution in [2.45, 2.75) is 40.0 Å². The highest BCUT2D eigenvalue weighted by atomic mass is 35.5. The maximum Gasteiger partial charge on any atom is 0.237 e. The van der Waals surface area contributed by atoms with E-state index in [1.807, 2.05) is 24.3 Å². The molecule has 0 unspecified atom stereocenters. The Morgan fingerprint density at radius 3 is 2.46 bits per heavy atom. The summed E-state index contributed by atoms with van der Waals surface area (Å²) in [5, 5.41) is 3.62. The first kappa shape index (κ1) is 20.6. The first-order chi connectivity index (χ1) is 12.4. The molecule has 1 N–H and O–H groups in total. The highest BCUT2D eigenvalue weighted by Crippen LogP contribution is 2.24. The largest absolute Gasteiger partial charge is 0.368 e. The summed E-state index contributed by atoms with van der Waals surface area (Å²) in [5.74, 6) is -0.285. The molecule has 1 aliphatic rings. The van der Waals surface area contributed by atoms with Crippen molar-refractivity contribution in [3.8, 4) is 0 Å². The predicted molar refractivity (Wildman–Crippen MR) is 107 cm³/mol. The number of amides is 2. The van der Waals surface area contributed by atoms with E-state index in [1.54, 1.807) is 18.7 Å². The van der Waals surface area contributed by atoms with Gasteiger partial charge < -0.3 is 15.1 Å². The third-order valence-corrected chi connectivity index (χ3v) is 5.14. The zero-order valence-electron chi connectivity index (χ0n) is 16.1.